The van der Waals surface area contributed by atoms with Crippen molar-refractivity contribution in [3.8, 4) is 0 Å². The highest BCUT2D eigenvalue weighted by Crippen LogP contribution is 2.18. The van der Waals surface area contributed by atoms with Gasteiger partial charge in [-0.25, -0.2) is 4.58 Å². The molecule has 96 valence electrons. The first kappa shape index (κ1) is 12.5. The number of thioether (sulfide) groups is 1. The van der Waals surface area contributed by atoms with Crippen LogP contribution in [0.3, 0.4) is 0 Å². The van der Waals surface area contributed by atoms with Crippen LogP contribution in [0.1, 0.15) is 11.1 Å². The van der Waals surface area contributed by atoms with E-state index < -0.39 is 0 Å². The first-order valence-corrected chi connectivity index (χ1v) is 7.75. The van der Waals surface area contributed by atoms with E-state index in [-0.39, 0.29) is 0 Å². The van der Waals surface area contributed by atoms with Crippen LogP contribution in [0.5, 0.6) is 0 Å². The molecule has 2 aromatic rings. The Kier molecular flexibility index (Phi) is 3.99. The first-order chi connectivity index (χ1) is 9.42. The van der Waals surface area contributed by atoms with Crippen LogP contribution in [-0.4, -0.2) is 21.9 Å². The maximum Gasteiger partial charge on any atom is 0.198 e. The third kappa shape index (κ3) is 3.27. The summed E-state index contributed by atoms with van der Waals surface area (Å²) in [5, 5.41) is 0. The van der Waals surface area contributed by atoms with Gasteiger partial charge in [0.1, 0.15) is 0 Å². The summed E-state index contributed by atoms with van der Waals surface area (Å²) >= 11 is 1.93. The Labute approximate surface area is 119 Å². The van der Waals surface area contributed by atoms with Crippen molar-refractivity contribution >= 4 is 17.3 Å². The fourth-order valence-electron chi connectivity index (χ4n) is 2.45. The highest BCUT2D eigenvalue weighted by molar-refractivity contribution is 8.12. The van der Waals surface area contributed by atoms with Crippen LogP contribution >= 0.6 is 11.8 Å². The molecule has 0 fully saturated rings. The molecule has 1 aliphatic rings. The van der Waals surface area contributed by atoms with E-state index in [1.807, 2.05) is 11.8 Å². The van der Waals surface area contributed by atoms with E-state index in [9.17, 15) is 0 Å². The lowest BCUT2D eigenvalue weighted by Gasteiger charge is -2.10. The molecule has 2 heteroatoms. The predicted molar refractivity (Wildman–Crippen MR) is 82.9 cm³/mol. The molecular formula is C17H18NS+. The van der Waals surface area contributed by atoms with Gasteiger partial charge >= 0.3 is 0 Å². The van der Waals surface area contributed by atoms with Crippen LogP contribution in [0, 0.1) is 0 Å². The minimum atomic E-state index is 0.618. The Morgan fingerprint density at radius 3 is 2.21 bits per heavy atom. The monoisotopic (exact) mass is 268 g/mol. The fourth-order valence-corrected chi connectivity index (χ4v) is 3.51. The molecule has 0 N–H and O–H groups in total. The van der Waals surface area contributed by atoms with Gasteiger partial charge < -0.3 is 0 Å². The van der Waals surface area contributed by atoms with Gasteiger partial charge in [0.25, 0.3) is 0 Å². The van der Waals surface area contributed by atoms with E-state index in [1.165, 1.54) is 16.9 Å². The molecule has 1 aliphatic heterocycles. The van der Waals surface area contributed by atoms with Gasteiger partial charge in [-0.2, -0.15) is 0 Å². The molecule has 1 heterocycles. The summed E-state index contributed by atoms with van der Waals surface area (Å²) in [5.74, 6) is 1.20. The molecule has 0 unspecified atom stereocenters. The normalized spacial score (nSPS) is 18.3. The summed E-state index contributed by atoms with van der Waals surface area (Å²) in [7, 11) is 0. The highest BCUT2D eigenvalue weighted by atomic mass is 32.2. The van der Waals surface area contributed by atoms with Crippen molar-refractivity contribution in [2.45, 2.75) is 19.0 Å². The Balaban J connectivity index is 1.68. The lowest BCUT2D eigenvalue weighted by atomic mass is 10.1. The molecule has 0 aliphatic carbocycles. The molecule has 1 atom stereocenters. The van der Waals surface area contributed by atoms with E-state index >= 15 is 0 Å². The lowest BCUT2D eigenvalue weighted by molar-refractivity contribution is -0.567. The van der Waals surface area contributed by atoms with Gasteiger partial charge in [-0.05, 0) is 5.56 Å². The second kappa shape index (κ2) is 6.07. The topological polar surface area (TPSA) is 3.01 Å². The quantitative estimate of drug-likeness (QED) is 0.766. The maximum absolute atomic E-state index is 2.48. The Morgan fingerprint density at radius 1 is 0.895 bits per heavy atom. The Bertz CT molecular complexity index is 548. The molecule has 0 bridgehead atoms. The maximum atomic E-state index is 2.48. The summed E-state index contributed by atoms with van der Waals surface area (Å²) in [4.78, 5) is 0. The van der Waals surface area contributed by atoms with Gasteiger partial charge in [-0.1, -0.05) is 72.4 Å². The van der Waals surface area contributed by atoms with Crippen molar-refractivity contribution < 1.29 is 4.58 Å². The molecule has 3 rings (SSSR count). The summed E-state index contributed by atoms with van der Waals surface area (Å²) in [6.45, 7) is 1.02. The minimum Gasteiger partial charge on any atom is -0.222 e. The van der Waals surface area contributed by atoms with Gasteiger partial charge in [0, 0.05) is 12.0 Å². The van der Waals surface area contributed by atoms with Crippen LogP contribution in [-0.2, 0) is 13.0 Å². The summed E-state index contributed by atoms with van der Waals surface area (Å²) in [6.07, 6.45) is 1.14. The van der Waals surface area contributed by atoms with Gasteiger partial charge in [0.05, 0.1) is 5.75 Å². The average Bonchev–Trinajstić information content (AvgIpc) is 2.88. The van der Waals surface area contributed by atoms with Gasteiger partial charge in [-0.3, -0.25) is 0 Å². The Hall–Kier alpha value is -1.54. The number of nitrogens with zero attached hydrogens (tertiary/aromatic N) is 1. The van der Waals surface area contributed by atoms with Crippen LogP contribution in [0.25, 0.3) is 0 Å². The van der Waals surface area contributed by atoms with E-state index in [2.05, 4.69) is 70.8 Å². The zero-order valence-electron chi connectivity index (χ0n) is 10.9. The van der Waals surface area contributed by atoms with Crippen LogP contribution in [0.15, 0.2) is 60.7 Å². The second-order valence-corrected chi connectivity index (χ2v) is 5.82. The van der Waals surface area contributed by atoms with Gasteiger partial charge in [0.2, 0.25) is 0 Å². The molecule has 0 aromatic heterocycles. The van der Waals surface area contributed by atoms with E-state index in [1.54, 1.807) is 0 Å². The van der Waals surface area contributed by atoms with Crippen LogP contribution < -0.4 is 0 Å². The van der Waals surface area contributed by atoms with Crippen molar-refractivity contribution in [1.82, 2.24) is 0 Å². The van der Waals surface area contributed by atoms with Gasteiger partial charge in [-0.15, -0.1) is 0 Å². The van der Waals surface area contributed by atoms with Crippen LogP contribution in [0.2, 0.25) is 0 Å². The largest absolute Gasteiger partial charge is 0.222 e. The molecule has 0 saturated carbocycles. The summed E-state index contributed by atoms with van der Waals surface area (Å²) in [5.41, 5.74) is 5.11. The molecule has 19 heavy (non-hydrogen) atoms. The predicted octanol–water partition coefficient (Wildman–Crippen LogP) is 3.59. The van der Waals surface area contributed by atoms with Crippen molar-refractivity contribution in [2.75, 3.05) is 5.75 Å². The molecular weight excluding hydrogens is 250 g/mol. The number of benzene rings is 2. The standard InChI is InChI=1S/C17H18NS/c1-3-7-15(8-4-1)11-17-13-19-14-18(17)12-16-9-5-2-6-10-16/h1-10,14,17H,11-13H2/q+1/t17-/m0/s1. The summed E-state index contributed by atoms with van der Waals surface area (Å²) < 4.78 is 2.48. The first-order valence-electron chi connectivity index (χ1n) is 6.70. The second-order valence-electron chi connectivity index (χ2n) is 4.94. The molecule has 0 spiro atoms. The van der Waals surface area contributed by atoms with Crippen molar-refractivity contribution in [3.63, 3.8) is 0 Å². The van der Waals surface area contributed by atoms with Crippen molar-refractivity contribution in [1.29, 1.82) is 0 Å². The molecule has 0 radical (unpaired) electrons. The van der Waals surface area contributed by atoms with Crippen molar-refractivity contribution in [2.24, 2.45) is 0 Å². The summed E-state index contributed by atoms with van der Waals surface area (Å²) in [6, 6.07) is 22.1. The Morgan fingerprint density at radius 2 is 1.53 bits per heavy atom. The molecule has 0 amide bonds. The van der Waals surface area contributed by atoms with Gasteiger partial charge in [0.15, 0.2) is 18.1 Å². The third-order valence-electron chi connectivity index (χ3n) is 3.49. The highest BCUT2D eigenvalue weighted by Gasteiger charge is 2.26. The van der Waals surface area contributed by atoms with E-state index in [0.717, 1.165) is 13.0 Å². The third-order valence-corrected chi connectivity index (χ3v) is 4.49. The molecule has 0 saturated heterocycles. The lowest BCUT2D eigenvalue weighted by Crippen LogP contribution is -2.26. The SMILES string of the molecule is C1=[N+](Cc2ccccc2)[C@@H](Cc2ccccc2)CS1. The van der Waals surface area contributed by atoms with Crippen molar-refractivity contribution in [3.05, 3.63) is 71.8 Å². The number of hydrogen-bond donors (Lipinski definition) is 0. The molecule has 1 nitrogen and oxygen atoms in total. The smallest absolute Gasteiger partial charge is 0.198 e. The molecule has 2 aromatic carbocycles. The minimum absolute atomic E-state index is 0.618. The zero-order valence-corrected chi connectivity index (χ0v) is 11.7. The number of rotatable bonds is 4. The number of hydrogen-bond acceptors (Lipinski definition) is 1. The van der Waals surface area contributed by atoms with E-state index in [0.29, 0.717) is 6.04 Å². The van der Waals surface area contributed by atoms with Crippen LogP contribution in [0.4, 0.5) is 0 Å². The zero-order chi connectivity index (χ0) is 12.9. The fraction of sp³-hybridized carbons (Fsp3) is 0.235. The average molecular weight is 268 g/mol. The van der Waals surface area contributed by atoms with E-state index in [4.69, 9.17) is 0 Å².